The van der Waals surface area contributed by atoms with E-state index in [4.69, 9.17) is 4.42 Å². The van der Waals surface area contributed by atoms with Crippen LogP contribution in [0.2, 0.25) is 0 Å². The standard InChI is InChI=1S/C64H47NO/c1-63(2)55-26-10-7-21-50(55)52-36-33-43(39-57(52)63)46-19-9-12-28-58(46)65(45-18-13-17-42(38-45)48-24-14-25-53-51-22-8-11-27-56(51)64(3,4)61(48)53)44-34-30-41(31-35-44)47-23-15-29-59-60(47)54-37-32-40-16-5-6-20-49(40)62(54)66-59/h5-39H,1-4H3. The van der Waals surface area contributed by atoms with Crippen molar-refractivity contribution in [1.29, 1.82) is 0 Å². The summed E-state index contributed by atoms with van der Waals surface area (Å²) in [5.41, 5.74) is 22.9. The number of furan rings is 1. The smallest absolute Gasteiger partial charge is 0.143 e. The van der Waals surface area contributed by atoms with Gasteiger partial charge < -0.3 is 9.32 Å². The Morgan fingerprint density at radius 2 is 0.970 bits per heavy atom. The molecule has 0 aliphatic heterocycles. The number of rotatable bonds is 6. The third kappa shape index (κ3) is 5.61. The first-order chi connectivity index (χ1) is 32.3. The van der Waals surface area contributed by atoms with Crippen LogP contribution in [0.4, 0.5) is 17.1 Å². The zero-order valence-electron chi connectivity index (χ0n) is 37.6. The van der Waals surface area contributed by atoms with Gasteiger partial charge >= 0.3 is 0 Å². The predicted molar refractivity (Wildman–Crippen MR) is 277 cm³/mol. The molecule has 11 aromatic rings. The molecule has 1 heterocycles. The van der Waals surface area contributed by atoms with E-state index in [0.29, 0.717) is 0 Å². The van der Waals surface area contributed by atoms with E-state index in [1.807, 2.05) is 0 Å². The van der Waals surface area contributed by atoms with Crippen LogP contribution in [0.15, 0.2) is 217 Å². The highest BCUT2D eigenvalue weighted by Crippen LogP contribution is 2.54. The monoisotopic (exact) mass is 845 g/mol. The van der Waals surface area contributed by atoms with E-state index >= 15 is 0 Å². The van der Waals surface area contributed by atoms with Crippen molar-refractivity contribution in [3.63, 3.8) is 0 Å². The van der Waals surface area contributed by atoms with Crippen LogP contribution in [0.1, 0.15) is 49.9 Å². The molecule has 2 aliphatic rings. The van der Waals surface area contributed by atoms with Crippen LogP contribution >= 0.6 is 0 Å². The zero-order valence-corrected chi connectivity index (χ0v) is 37.6. The lowest BCUT2D eigenvalue weighted by Gasteiger charge is -2.29. The first kappa shape index (κ1) is 38.5. The van der Waals surface area contributed by atoms with Crippen LogP contribution in [-0.4, -0.2) is 0 Å². The van der Waals surface area contributed by atoms with Crippen LogP contribution in [0.5, 0.6) is 0 Å². The summed E-state index contributed by atoms with van der Waals surface area (Å²) in [6.45, 7) is 9.48. The van der Waals surface area contributed by atoms with E-state index in [0.717, 1.165) is 55.5 Å². The highest BCUT2D eigenvalue weighted by Gasteiger charge is 2.38. The molecule has 0 saturated heterocycles. The molecular weight excluding hydrogens is 799 g/mol. The van der Waals surface area contributed by atoms with Crippen LogP contribution < -0.4 is 4.90 Å². The second kappa shape index (κ2) is 14.3. The Bertz CT molecular complexity index is 3770. The van der Waals surface area contributed by atoms with Gasteiger partial charge in [-0.15, -0.1) is 0 Å². The molecule has 0 bridgehead atoms. The van der Waals surface area contributed by atoms with Crippen molar-refractivity contribution in [2.45, 2.75) is 38.5 Å². The normalized spacial score (nSPS) is 14.0. The molecule has 314 valence electrons. The van der Waals surface area contributed by atoms with Crippen molar-refractivity contribution in [2.24, 2.45) is 0 Å². The first-order valence-electron chi connectivity index (χ1n) is 23.2. The Hall–Kier alpha value is -7.94. The molecule has 0 radical (unpaired) electrons. The summed E-state index contributed by atoms with van der Waals surface area (Å²) in [7, 11) is 0. The predicted octanol–water partition coefficient (Wildman–Crippen LogP) is 17.8. The molecule has 0 saturated carbocycles. The molecule has 10 aromatic carbocycles. The van der Waals surface area contributed by atoms with Gasteiger partial charge in [-0.2, -0.15) is 0 Å². The van der Waals surface area contributed by atoms with Crippen molar-refractivity contribution >= 4 is 49.8 Å². The molecule has 1 aromatic heterocycles. The molecule has 0 spiro atoms. The second-order valence-corrected chi connectivity index (χ2v) is 19.2. The Kier molecular flexibility index (Phi) is 8.33. The summed E-state index contributed by atoms with van der Waals surface area (Å²) in [5, 5.41) is 4.59. The van der Waals surface area contributed by atoms with Crippen LogP contribution in [-0.2, 0) is 10.8 Å². The van der Waals surface area contributed by atoms with Crippen LogP contribution in [0, 0.1) is 0 Å². The Morgan fingerprint density at radius 1 is 0.364 bits per heavy atom. The average Bonchev–Trinajstić information content (AvgIpc) is 3.95. The maximum Gasteiger partial charge on any atom is 0.143 e. The third-order valence-electron chi connectivity index (χ3n) is 14.9. The molecule has 13 rings (SSSR count). The van der Waals surface area contributed by atoms with Gasteiger partial charge in [0.2, 0.25) is 0 Å². The van der Waals surface area contributed by atoms with Crippen LogP contribution in [0.25, 0.3) is 88.3 Å². The van der Waals surface area contributed by atoms with E-state index in [1.54, 1.807) is 0 Å². The fourth-order valence-electron chi connectivity index (χ4n) is 11.7. The van der Waals surface area contributed by atoms with Gasteiger partial charge in [0.15, 0.2) is 0 Å². The van der Waals surface area contributed by atoms with Gasteiger partial charge in [0, 0.05) is 43.9 Å². The molecule has 0 amide bonds. The molecular formula is C64H47NO. The van der Waals surface area contributed by atoms with Gasteiger partial charge in [0.05, 0.1) is 5.69 Å². The van der Waals surface area contributed by atoms with Gasteiger partial charge in [0.25, 0.3) is 0 Å². The molecule has 0 atom stereocenters. The zero-order chi connectivity index (χ0) is 44.3. The fraction of sp³-hybridized carbons (Fsp3) is 0.0938. The molecule has 2 nitrogen and oxygen atoms in total. The summed E-state index contributed by atoms with van der Waals surface area (Å²) < 4.78 is 6.62. The van der Waals surface area contributed by atoms with E-state index < -0.39 is 0 Å². The number of fused-ring (bicyclic) bond motifs is 11. The molecule has 0 N–H and O–H groups in total. The van der Waals surface area contributed by atoms with Crippen molar-refractivity contribution in [3.8, 4) is 55.6 Å². The van der Waals surface area contributed by atoms with E-state index in [-0.39, 0.29) is 10.8 Å². The Morgan fingerprint density at radius 3 is 1.80 bits per heavy atom. The lowest BCUT2D eigenvalue weighted by molar-refractivity contribution is 0.660. The van der Waals surface area contributed by atoms with Crippen molar-refractivity contribution in [1.82, 2.24) is 0 Å². The van der Waals surface area contributed by atoms with Gasteiger partial charge in [-0.05, 0) is 126 Å². The minimum Gasteiger partial charge on any atom is -0.455 e. The van der Waals surface area contributed by atoms with Gasteiger partial charge in [-0.3, -0.25) is 0 Å². The lowest BCUT2D eigenvalue weighted by Crippen LogP contribution is -2.16. The van der Waals surface area contributed by atoms with Gasteiger partial charge in [-0.1, -0.05) is 191 Å². The van der Waals surface area contributed by atoms with E-state index in [2.05, 4.69) is 245 Å². The minimum absolute atomic E-state index is 0.111. The molecule has 66 heavy (non-hydrogen) atoms. The number of benzene rings is 10. The number of hydrogen-bond donors (Lipinski definition) is 0. The number of anilines is 3. The average molecular weight is 846 g/mol. The van der Waals surface area contributed by atoms with Gasteiger partial charge in [0.1, 0.15) is 11.2 Å². The molecule has 0 fully saturated rings. The molecule has 0 unspecified atom stereocenters. The Balaban J connectivity index is 0.980. The second-order valence-electron chi connectivity index (χ2n) is 19.2. The third-order valence-corrected chi connectivity index (χ3v) is 14.9. The summed E-state index contributed by atoms with van der Waals surface area (Å²) >= 11 is 0. The number of nitrogens with zero attached hydrogens (tertiary/aromatic N) is 1. The summed E-state index contributed by atoms with van der Waals surface area (Å²) in [6, 6.07) is 78.3. The minimum atomic E-state index is -0.141. The highest BCUT2D eigenvalue weighted by molar-refractivity contribution is 6.19. The largest absolute Gasteiger partial charge is 0.455 e. The number of hydrogen-bond acceptors (Lipinski definition) is 2. The van der Waals surface area contributed by atoms with Crippen molar-refractivity contribution in [3.05, 3.63) is 235 Å². The lowest BCUT2D eigenvalue weighted by atomic mass is 9.79. The maximum atomic E-state index is 6.62. The van der Waals surface area contributed by atoms with Crippen molar-refractivity contribution < 1.29 is 4.42 Å². The van der Waals surface area contributed by atoms with Gasteiger partial charge in [-0.25, -0.2) is 0 Å². The highest BCUT2D eigenvalue weighted by atomic mass is 16.3. The molecule has 2 aliphatic carbocycles. The molecule has 2 heteroatoms. The quantitative estimate of drug-likeness (QED) is 0.166. The van der Waals surface area contributed by atoms with E-state index in [9.17, 15) is 0 Å². The SMILES string of the molecule is CC1(C)c2ccccc2-c2ccc(-c3ccccc3N(c3ccc(-c4cccc5oc6c7ccccc7ccc6c45)cc3)c3cccc(-c4cccc5c4C(C)(C)c4ccccc4-5)c3)cc21. The summed E-state index contributed by atoms with van der Waals surface area (Å²) in [6.07, 6.45) is 0. The van der Waals surface area contributed by atoms with Crippen molar-refractivity contribution in [2.75, 3.05) is 4.90 Å². The number of para-hydroxylation sites is 1. The maximum absolute atomic E-state index is 6.62. The van der Waals surface area contributed by atoms with E-state index in [1.165, 1.54) is 72.1 Å². The van der Waals surface area contributed by atoms with Crippen LogP contribution in [0.3, 0.4) is 0 Å². The summed E-state index contributed by atoms with van der Waals surface area (Å²) in [4.78, 5) is 2.46. The topological polar surface area (TPSA) is 16.4 Å². The summed E-state index contributed by atoms with van der Waals surface area (Å²) in [5.74, 6) is 0. The first-order valence-corrected chi connectivity index (χ1v) is 23.2. The Labute approximate surface area is 386 Å². The fourth-order valence-corrected chi connectivity index (χ4v) is 11.7.